The maximum absolute atomic E-state index is 11.7. The Hall–Kier alpha value is -2.88. The van der Waals surface area contributed by atoms with E-state index in [2.05, 4.69) is 20.5 Å². The van der Waals surface area contributed by atoms with Gasteiger partial charge in [0.1, 0.15) is 17.5 Å². The van der Waals surface area contributed by atoms with Crippen LogP contribution in [-0.2, 0) is 0 Å². The first-order valence-electron chi connectivity index (χ1n) is 4.64. The molecule has 84 valence electrons. The second-order valence-electron chi connectivity index (χ2n) is 3.17. The lowest BCUT2D eigenvalue weighted by Gasteiger charge is -2.01. The zero-order valence-corrected chi connectivity index (χ0v) is 8.52. The van der Waals surface area contributed by atoms with Crippen molar-refractivity contribution in [2.24, 2.45) is 0 Å². The summed E-state index contributed by atoms with van der Waals surface area (Å²) in [5, 5.41) is 17.3. The van der Waals surface area contributed by atoms with Gasteiger partial charge in [-0.25, -0.2) is 0 Å². The first-order chi connectivity index (χ1) is 8.20. The molecule has 2 rings (SSSR count). The highest BCUT2D eigenvalue weighted by Gasteiger charge is 2.10. The number of H-pyrrole nitrogens is 2. The van der Waals surface area contributed by atoms with Gasteiger partial charge in [0.15, 0.2) is 0 Å². The van der Waals surface area contributed by atoms with Crippen LogP contribution in [0.15, 0.2) is 29.3 Å². The van der Waals surface area contributed by atoms with E-state index in [-0.39, 0.29) is 22.5 Å². The van der Waals surface area contributed by atoms with Crippen molar-refractivity contribution in [1.29, 1.82) is 5.26 Å². The molecule has 0 aliphatic heterocycles. The van der Waals surface area contributed by atoms with Crippen LogP contribution in [0.2, 0.25) is 0 Å². The Balaban J connectivity index is 2.24. The number of nitriles is 1. The van der Waals surface area contributed by atoms with Crippen LogP contribution >= 0.6 is 0 Å². The zero-order valence-electron chi connectivity index (χ0n) is 8.52. The van der Waals surface area contributed by atoms with Crippen molar-refractivity contribution in [1.82, 2.24) is 15.2 Å². The number of anilines is 1. The highest BCUT2D eigenvalue weighted by molar-refractivity contribution is 6.04. The van der Waals surface area contributed by atoms with E-state index in [1.165, 1.54) is 18.5 Å². The van der Waals surface area contributed by atoms with E-state index in [4.69, 9.17) is 5.26 Å². The Morgan fingerprint density at radius 1 is 1.53 bits per heavy atom. The topological polar surface area (TPSA) is 114 Å². The molecule has 2 aromatic rings. The van der Waals surface area contributed by atoms with Crippen LogP contribution in [0.25, 0.3) is 0 Å². The molecule has 2 aromatic heterocycles. The van der Waals surface area contributed by atoms with Crippen molar-refractivity contribution in [2.75, 3.05) is 5.32 Å². The molecule has 0 saturated heterocycles. The van der Waals surface area contributed by atoms with E-state index in [0.717, 1.165) is 6.07 Å². The van der Waals surface area contributed by atoms with Crippen LogP contribution in [0.5, 0.6) is 0 Å². The number of carbonyl (C=O) groups is 1. The number of pyridine rings is 1. The van der Waals surface area contributed by atoms with Gasteiger partial charge in [-0.15, -0.1) is 0 Å². The first kappa shape index (κ1) is 10.6. The smallest absolute Gasteiger partial charge is 0.257 e. The zero-order chi connectivity index (χ0) is 12.3. The number of aromatic amines is 2. The summed E-state index contributed by atoms with van der Waals surface area (Å²) in [4.78, 5) is 25.1. The number of nitrogens with one attached hydrogen (secondary N) is 3. The molecule has 0 radical (unpaired) electrons. The number of carbonyl (C=O) groups excluding carboxylic acids is 1. The number of amides is 1. The Labute approximate surface area is 95.1 Å². The van der Waals surface area contributed by atoms with E-state index in [1.54, 1.807) is 0 Å². The highest BCUT2D eigenvalue weighted by atomic mass is 16.2. The molecule has 3 N–H and O–H groups in total. The monoisotopic (exact) mass is 229 g/mol. The van der Waals surface area contributed by atoms with Crippen molar-refractivity contribution in [2.45, 2.75) is 0 Å². The SMILES string of the molecule is N#Cc1cn[nH]c1NC(=O)c1cc[nH]c(=O)c1. The Bertz CT molecular complexity index is 649. The first-order valence-corrected chi connectivity index (χ1v) is 4.64. The number of nitrogens with zero attached hydrogens (tertiary/aromatic N) is 2. The fourth-order valence-electron chi connectivity index (χ4n) is 1.24. The summed E-state index contributed by atoms with van der Waals surface area (Å²) >= 11 is 0. The molecule has 0 bridgehead atoms. The average Bonchev–Trinajstić information content (AvgIpc) is 2.76. The highest BCUT2D eigenvalue weighted by Crippen LogP contribution is 2.10. The Morgan fingerprint density at radius 2 is 2.35 bits per heavy atom. The molecule has 0 aromatic carbocycles. The molecule has 0 aliphatic carbocycles. The van der Waals surface area contributed by atoms with Crippen molar-refractivity contribution >= 4 is 11.7 Å². The maximum Gasteiger partial charge on any atom is 0.257 e. The number of rotatable bonds is 2. The summed E-state index contributed by atoms with van der Waals surface area (Å²) in [6, 6.07) is 4.49. The van der Waals surface area contributed by atoms with Crippen LogP contribution in [0, 0.1) is 11.3 Å². The van der Waals surface area contributed by atoms with Gasteiger partial charge in [0, 0.05) is 17.8 Å². The molecular formula is C10H7N5O2. The van der Waals surface area contributed by atoms with E-state index >= 15 is 0 Å². The minimum atomic E-state index is -0.489. The second-order valence-corrected chi connectivity index (χ2v) is 3.17. The predicted molar refractivity (Wildman–Crippen MR) is 58.3 cm³/mol. The van der Waals surface area contributed by atoms with Crippen molar-refractivity contribution in [3.05, 3.63) is 46.0 Å². The summed E-state index contributed by atoms with van der Waals surface area (Å²) in [7, 11) is 0. The van der Waals surface area contributed by atoms with Crippen LogP contribution in [-0.4, -0.2) is 21.1 Å². The van der Waals surface area contributed by atoms with E-state index in [9.17, 15) is 9.59 Å². The Morgan fingerprint density at radius 3 is 3.06 bits per heavy atom. The van der Waals surface area contributed by atoms with Crippen molar-refractivity contribution < 1.29 is 4.79 Å². The van der Waals surface area contributed by atoms with Crippen molar-refractivity contribution in [3.63, 3.8) is 0 Å². The van der Waals surface area contributed by atoms with Gasteiger partial charge in [-0.3, -0.25) is 14.7 Å². The summed E-state index contributed by atoms with van der Waals surface area (Å²) in [6.07, 6.45) is 2.67. The van der Waals surface area contributed by atoms with Crippen LogP contribution in [0.3, 0.4) is 0 Å². The minimum absolute atomic E-state index is 0.201. The van der Waals surface area contributed by atoms with Gasteiger partial charge in [-0.05, 0) is 6.07 Å². The summed E-state index contributed by atoms with van der Waals surface area (Å²) in [5.74, 6) is -0.283. The third-order valence-corrected chi connectivity index (χ3v) is 2.04. The quantitative estimate of drug-likeness (QED) is 0.683. The minimum Gasteiger partial charge on any atom is -0.329 e. The van der Waals surface area contributed by atoms with Gasteiger partial charge in [0.2, 0.25) is 5.56 Å². The van der Waals surface area contributed by atoms with Crippen LogP contribution in [0.4, 0.5) is 5.82 Å². The molecule has 7 nitrogen and oxygen atoms in total. The normalized spacial score (nSPS) is 9.59. The fourth-order valence-corrected chi connectivity index (χ4v) is 1.24. The van der Waals surface area contributed by atoms with Crippen LogP contribution < -0.4 is 10.9 Å². The molecule has 2 heterocycles. The Kier molecular flexibility index (Phi) is 2.70. The molecule has 1 amide bonds. The lowest BCUT2D eigenvalue weighted by molar-refractivity contribution is 0.102. The van der Waals surface area contributed by atoms with Gasteiger partial charge in [0.05, 0.1) is 6.20 Å². The second kappa shape index (κ2) is 4.32. The predicted octanol–water partition coefficient (Wildman–Crippen LogP) is 0.222. The van der Waals surface area contributed by atoms with Gasteiger partial charge in [-0.1, -0.05) is 0 Å². The van der Waals surface area contributed by atoms with E-state index in [0.29, 0.717) is 0 Å². The molecular weight excluding hydrogens is 222 g/mol. The molecule has 17 heavy (non-hydrogen) atoms. The van der Waals surface area contributed by atoms with E-state index < -0.39 is 5.91 Å². The number of aromatic nitrogens is 3. The molecule has 0 saturated carbocycles. The van der Waals surface area contributed by atoms with Crippen molar-refractivity contribution in [3.8, 4) is 6.07 Å². The average molecular weight is 229 g/mol. The summed E-state index contributed by atoms with van der Waals surface area (Å²) in [5.41, 5.74) is 0.0539. The summed E-state index contributed by atoms with van der Waals surface area (Å²) in [6.45, 7) is 0. The third-order valence-electron chi connectivity index (χ3n) is 2.04. The molecule has 0 fully saturated rings. The lowest BCUT2D eigenvalue weighted by Crippen LogP contribution is -2.16. The molecule has 0 atom stereocenters. The molecule has 7 heteroatoms. The van der Waals surface area contributed by atoms with Gasteiger partial charge in [-0.2, -0.15) is 10.4 Å². The molecule has 0 unspecified atom stereocenters. The summed E-state index contributed by atoms with van der Waals surface area (Å²) < 4.78 is 0. The largest absolute Gasteiger partial charge is 0.329 e. The maximum atomic E-state index is 11.7. The van der Waals surface area contributed by atoms with Gasteiger partial charge < -0.3 is 10.3 Å². The van der Waals surface area contributed by atoms with Crippen LogP contribution in [0.1, 0.15) is 15.9 Å². The number of hydrogen-bond acceptors (Lipinski definition) is 4. The molecule has 0 spiro atoms. The lowest BCUT2D eigenvalue weighted by atomic mass is 10.2. The van der Waals surface area contributed by atoms with Gasteiger partial charge in [0.25, 0.3) is 5.91 Å². The standard InChI is InChI=1S/C10H7N5O2/c11-4-7-5-13-15-9(7)14-10(17)6-1-2-12-8(16)3-6/h1-3,5H,(H,12,16)(H2,13,14,15,17). The van der Waals surface area contributed by atoms with E-state index in [1.807, 2.05) is 6.07 Å². The van der Waals surface area contributed by atoms with Gasteiger partial charge >= 0.3 is 0 Å². The number of hydrogen-bond donors (Lipinski definition) is 3. The third kappa shape index (κ3) is 2.21. The fraction of sp³-hybridized carbons (Fsp3) is 0. The molecule has 0 aliphatic rings.